The molecule has 0 unspecified atom stereocenters. The van der Waals surface area contributed by atoms with Gasteiger partial charge in [-0.2, -0.15) is 0 Å². The van der Waals surface area contributed by atoms with E-state index >= 15 is 0 Å². The Bertz CT molecular complexity index is 1210. The van der Waals surface area contributed by atoms with Gasteiger partial charge >= 0.3 is 0 Å². The highest BCUT2D eigenvalue weighted by atomic mass is 16.3. The molecule has 0 radical (unpaired) electrons. The molecule has 0 fully saturated rings. The minimum atomic E-state index is 0.0874. The Kier molecular flexibility index (Phi) is 5.32. The van der Waals surface area contributed by atoms with Gasteiger partial charge in [0.1, 0.15) is 11.5 Å². The molecular formula is C23H28N4O3. The fraction of sp³-hybridized carbons (Fsp3) is 0.304. The highest BCUT2D eigenvalue weighted by Gasteiger charge is 2.18. The standard InChI is InChI=1S/C23H28N4O3/c1-24-8-6-13-12-25-22-15(4-5-18(28)20(13)22)14-10-17-21(19(29)11-14)16(23(30)26-17)7-9-27(2)3/h4-5,10-12,24-26,28-30H,6-9H2,1-3H3. The van der Waals surface area contributed by atoms with E-state index in [9.17, 15) is 15.3 Å². The minimum Gasteiger partial charge on any atom is -0.507 e. The van der Waals surface area contributed by atoms with Gasteiger partial charge in [0.25, 0.3) is 0 Å². The van der Waals surface area contributed by atoms with Gasteiger partial charge in [-0.15, -0.1) is 0 Å². The Morgan fingerprint density at radius 1 is 1.00 bits per heavy atom. The quantitative estimate of drug-likeness (QED) is 0.281. The van der Waals surface area contributed by atoms with Crippen LogP contribution in [0.5, 0.6) is 17.4 Å². The van der Waals surface area contributed by atoms with Gasteiger partial charge in [-0.05, 0) is 75.9 Å². The second-order valence-electron chi connectivity index (χ2n) is 7.97. The van der Waals surface area contributed by atoms with Crippen molar-refractivity contribution in [2.75, 3.05) is 34.2 Å². The molecule has 0 aliphatic heterocycles. The van der Waals surface area contributed by atoms with E-state index in [1.807, 2.05) is 44.4 Å². The van der Waals surface area contributed by atoms with Gasteiger partial charge in [0.15, 0.2) is 5.88 Å². The molecule has 7 nitrogen and oxygen atoms in total. The first-order valence-corrected chi connectivity index (χ1v) is 10.1. The summed E-state index contributed by atoms with van der Waals surface area (Å²) in [5.41, 5.74) is 4.93. The van der Waals surface area contributed by atoms with Crippen LogP contribution in [0.15, 0.2) is 30.5 Å². The summed E-state index contributed by atoms with van der Waals surface area (Å²) in [4.78, 5) is 8.33. The lowest BCUT2D eigenvalue weighted by Crippen LogP contribution is -2.14. The zero-order valence-corrected chi connectivity index (χ0v) is 17.5. The van der Waals surface area contributed by atoms with Crippen molar-refractivity contribution < 1.29 is 15.3 Å². The van der Waals surface area contributed by atoms with E-state index in [2.05, 4.69) is 15.3 Å². The summed E-state index contributed by atoms with van der Waals surface area (Å²) in [6.45, 7) is 1.57. The average molecular weight is 409 g/mol. The average Bonchev–Trinajstić information content (AvgIpc) is 3.26. The summed E-state index contributed by atoms with van der Waals surface area (Å²) in [6, 6.07) is 7.17. The van der Waals surface area contributed by atoms with Crippen molar-refractivity contribution in [2.45, 2.75) is 12.8 Å². The highest BCUT2D eigenvalue weighted by Crippen LogP contribution is 2.41. The number of nitrogens with zero attached hydrogens (tertiary/aromatic N) is 1. The van der Waals surface area contributed by atoms with E-state index in [1.54, 1.807) is 12.1 Å². The van der Waals surface area contributed by atoms with Crippen LogP contribution in [0.3, 0.4) is 0 Å². The van der Waals surface area contributed by atoms with Crippen LogP contribution in [-0.2, 0) is 12.8 Å². The second-order valence-corrected chi connectivity index (χ2v) is 7.97. The molecule has 2 heterocycles. The number of aromatic amines is 2. The molecule has 4 rings (SSSR count). The zero-order chi connectivity index (χ0) is 21.4. The predicted octanol–water partition coefficient (Wildman–Crippen LogP) is 3.30. The first kappa shape index (κ1) is 20.1. The Morgan fingerprint density at radius 3 is 2.53 bits per heavy atom. The SMILES string of the molecule is CNCCc1c[nH]c2c(-c3cc(O)c4c(CCN(C)C)c(O)[nH]c4c3)ccc(O)c12. The number of benzene rings is 2. The number of nitrogens with one attached hydrogen (secondary N) is 3. The van der Waals surface area contributed by atoms with Crippen molar-refractivity contribution in [1.82, 2.24) is 20.2 Å². The lowest BCUT2D eigenvalue weighted by atomic mass is 9.98. The second kappa shape index (κ2) is 7.93. The van der Waals surface area contributed by atoms with Crippen molar-refractivity contribution in [2.24, 2.45) is 0 Å². The van der Waals surface area contributed by atoms with Crippen LogP contribution in [0.25, 0.3) is 32.9 Å². The topological polar surface area (TPSA) is 108 Å². The Hall–Kier alpha value is -3.16. The van der Waals surface area contributed by atoms with Gasteiger partial charge in [-0.3, -0.25) is 0 Å². The molecule has 6 N–H and O–H groups in total. The molecule has 0 bridgehead atoms. The number of hydrogen-bond acceptors (Lipinski definition) is 5. The summed E-state index contributed by atoms with van der Waals surface area (Å²) in [6.07, 6.45) is 3.33. The van der Waals surface area contributed by atoms with Crippen LogP contribution in [0.1, 0.15) is 11.1 Å². The van der Waals surface area contributed by atoms with Crippen molar-refractivity contribution in [3.63, 3.8) is 0 Å². The molecule has 0 spiro atoms. The first-order valence-electron chi connectivity index (χ1n) is 10.1. The van der Waals surface area contributed by atoms with Crippen molar-refractivity contribution in [3.8, 4) is 28.5 Å². The van der Waals surface area contributed by atoms with E-state index in [4.69, 9.17) is 0 Å². The number of phenolic OH excluding ortho intramolecular Hbond substituents is 2. The maximum Gasteiger partial charge on any atom is 0.192 e. The summed E-state index contributed by atoms with van der Waals surface area (Å²) in [5.74, 6) is 0.440. The number of phenols is 2. The van der Waals surface area contributed by atoms with Gasteiger partial charge in [-0.1, -0.05) is 0 Å². The molecule has 0 saturated carbocycles. The molecule has 30 heavy (non-hydrogen) atoms. The molecule has 0 saturated heterocycles. The van der Waals surface area contributed by atoms with Crippen molar-refractivity contribution >= 4 is 21.8 Å². The first-order chi connectivity index (χ1) is 14.4. The summed E-state index contributed by atoms with van der Waals surface area (Å²) in [7, 11) is 5.85. The van der Waals surface area contributed by atoms with Gasteiger partial charge in [0.2, 0.25) is 0 Å². The van der Waals surface area contributed by atoms with E-state index in [0.29, 0.717) is 22.9 Å². The zero-order valence-electron chi connectivity index (χ0n) is 17.5. The summed E-state index contributed by atoms with van der Waals surface area (Å²) < 4.78 is 0. The Balaban J connectivity index is 1.83. The van der Waals surface area contributed by atoms with Crippen LogP contribution >= 0.6 is 0 Å². The lowest BCUT2D eigenvalue weighted by molar-refractivity contribution is 0.404. The third-order valence-electron chi connectivity index (χ3n) is 5.62. The number of likely N-dealkylation sites (N-methyl/N-ethyl adjacent to an activating group) is 2. The minimum absolute atomic E-state index is 0.0874. The van der Waals surface area contributed by atoms with Gasteiger partial charge in [0, 0.05) is 34.6 Å². The van der Waals surface area contributed by atoms with Gasteiger partial charge < -0.3 is 35.5 Å². The fourth-order valence-corrected chi connectivity index (χ4v) is 4.09. The van der Waals surface area contributed by atoms with Crippen LogP contribution in [0, 0.1) is 0 Å². The van der Waals surface area contributed by atoms with Crippen LogP contribution < -0.4 is 5.32 Å². The van der Waals surface area contributed by atoms with Gasteiger partial charge in [0.05, 0.1) is 11.0 Å². The molecular weight excluding hydrogens is 380 g/mol. The Labute approximate surface area is 175 Å². The third kappa shape index (κ3) is 3.46. The lowest BCUT2D eigenvalue weighted by Gasteiger charge is -2.10. The maximum atomic E-state index is 10.8. The summed E-state index contributed by atoms with van der Waals surface area (Å²) in [5, 5.41) is 36.2. The van der Waals surface area contributed by atoms with Crippen LogP contribution in [0.4, 0.5) is 0 Å². The van der Waals surface area contributed by atoms with Gasteiger partial charge in [-0.25, -0.2) is 0 Å². The number of H-pyrrole nitrogens is 2. The normalized spacial score (nSPS) is 11.9. The van der Waals surface area contributed by atoms with E-state index in [1.165, 1.54) is 0 Å². The van der Waals surface area contributed by atoms with Crippen LogP contribution in [-0.4, -0.2) is 64.4 Å². The van der Waals surface area contributed by atoms with E-state index in [-0.39, 0.29) is 17.4 Å². The number of rotatable bonds is 7. The molecule has 0 aliphatic rings. The number of fused-ring (bicyclic) bond motifs is 2. The number of aromatic hydroxyl groups is 3. The molecule has 158 valence electrons. The van der Waals surface area contributed by atoms with Crippen molar-refractivity contribution in [1.29, 1.82) is 0 Å². The molecule has 2 aromatic carbocycles. The summed E-state index contributed by atoms with van der Waals surface area (Å²) >= 11 is 0. The molecule has 0 aliphatic carbocycles. The third-order valence-corrected chi connectivity index (χ3v) is 5.62. The molecule has 7 heteroatoms. The molecule has 4 aromatic rings. The van der Waals surface area contributed by atoms with Crippen LogP contribution in [0.2, 0.25) is 0 Å². The largest absolute Gasteiger partial charge is 0.507 e. The predicted molar refractivity (Wildman–Crippen MR) is 120 cm³/mol. The molecule has 0 amide bonds. The monoisotopic (exact) mass is 408 g/mol. The highest BCUT2D eigenvalue weighted by molar-refractivity contribution is 6.02. The van der Waals surface area contributed by atoms with Crippen molar-refractivity contribution in [3.05, 3.63) is 41.6 Å². The Morgan fingerprint density at radius 2 is 1.80 bits per heavy atom. The number of aromatic nitrogens is 2. The smallest absolute Gasteiger partial charge is 0.192 e. The fourth-order valence-electron chi connectivity index (χ4n) is 4.09. The van der Waals surface area contributed by atoms with E-state index < -0.39 is 0 Å². The molecule has 0 atom stereocenters. The molecule has 2 aromatic heterocycles. The maximum absolute atomic E-state index is 10.8. The van der Waals surface area contributed by atoms with E-state index in [0.717, 1.165) is 47.1 Å². The number of hydrogen-bond donors (Lipinski definition) is 6.